The second kappa shape index (κ2) is 8.47. The Bertz CT molecular complexity index is 1220. The van der Waals surface area contributed by atoms with Crippen LogP contribution in [0.1, 0.15) is 33.9 Å². The van der Waals surface area contributed by atoms with Crippen molar-refractivity contribution in [1.29, 1.82) is 0 Å². The molecule has 4 rings (SSSR count). The molecule has 2 N–H and O–H groups in total. The number of nitrogens with one attached hydrogen (secondary N) is 2. The number of aryl methyl sites for hydroxylation is 1. The molecule has 29 heavy (non-hydrogen) atoms. The van der Waals surface area contributed by atoms with E-state index in [4.69, 9.17) is 16.6 Å². The van der Waals surface area contributed by atoms with Crippen LogP contribution in [0.2, 0.25) is 0 Å². The van der Waals surface area contributed by atoms with E-state index in [2.05, 4.69) is 25.7 Å². The lowest BCUT2D eigenvalue weighted by Gasteiger charge is -2.06. The molecule has 0 aliphatic heterocycles. The molecule has 0 aliphatic carbocycles. The van der Waals surface area contributed by atoms with Crippen LogP contribution in [-0.4, -0.2) is 30.9 Å². The number of amides is 1. The van der Waals surface area contributed by atoms with Crippen molar-refractivity contribution in [3.8, 4) is 0 Å². The molecular formula is C18H18N6O2S3. The second-order valence-electron chi connectivity index (χ2n) is 6.15. The van der Waals surface area contributed by atoms with E-state index >= 15 is 0 Å². The Hall–Kier alpha value is -2.50. The van der Waals surface area contributed by atoms with Crippen molar-refractivity contribution in [2.45, 2.75) is 37.0 Å². The molecule has 0 atom stereocenters. The summed E-state index contributed by atoms with van der Waals surface area (Å²) in [6.45, 7) is 4.81. The van der Waals surface area contributed by atoms with Gasteiger partial charge in [-0.15, -0.1) is 10.2 Å². The SMILES string of the molecule is CCn1c(CNC(=O)c2oc3ccccc3c2CSc2nnc(C)s2)n[nH]c1=S. The first-order chi connectivity index (χ1) is 14.1. The zero-order valence-corrected chi connectivity index (χ0v) is 18.2. The number of aromatic nitrogens is 5. The summed E-state index contributed by atoms with van der Waals surface area (Å²) in [5.41, 5.74) is 1.52. The van der Waals surface area contributed by atoms with Gasteiger partial charge in [0.05, 0.1) is 6.54 Å². The van der Waals surface area contributed by atoms with Gasteiger partial charge < -0.3 is 14.3 Å². The molecule has 1 aromatic carbocycles. The van der Waals surface area contributed by atoms with Crippen molar-refractivity contribution in [3.63, 3.8) is 0 Å². The number of aromatic amines is 1. The van der Waals surface area contributed by atoms with Crippen molar-refractivity contribution in [1.82, 2.24) is 30.3 Å². The van der Waals surface area contributed by atoms with Crippen molar-refractivity contribution < 1.29 is 9.21 Å². The Labute approximate surface area is 179 Å². The summed E-state index contributed by atoms with van der Waals surface area (Å²) in [5.74, 6) is 1.24. The molecule has 4 aromatic rings. The smallest absolute Gasteiger partial charge is 0.287 e. The minimum absolute atomic E-state index is 0.249. The van der Waals surface area contributed by atoms with Crippen molar-refractivity contribution >= 4 is 52.2 Å². The van der Waals surface area contributed by atoms with E-state index in [1.165, 1.54) is 23.1 Å². The lowest BCUT2D eigenvalue weighted by atomic mass is 10.1. The molecule has 0 bridgehead atoms. The number of thioether (sulfide) groups is 1. The van der Waals surface area contributed by atoms with Gasteiger partial charge in [0, 0.05) is 23.2 Å². The third kappa shape index (κ3) is 4.11. The number of hydrogen-bond donors (Lipinski definition) is 2. The van der Waals surface area contributed by atoms with Gasteiger partial charge in [-0.1, -0.05) is 41.3 Å². The Kier molecular flexibility index (Phi) is 5.79. The summed E-state index contributed by atoms with van der Waals surface area (Å²) in [6.07, 6.45) is 0. The Balaban J connectivity index is 1.58. The summed E-state index contributed by atoms with van der Waals surface area (Å²) in [5, 5.41) is 19.8. The summed E-state index contributed by atoms with van der Waals surface area (Å²) >= 11 is 8.26. The molecule has 150 valence electrons. The Morgan fingerprint density at radius 3 is 2.97 bits per heavy atom. The van der Waals surface area contributed by atoms with E-state index in [0.717, 1.165) is 20.3 Å². The van der Waals surface area contributed by atoms with Crippen LogP contribution in [0.5, 0.6) is 0 Å². The average Bonchev–Trinajstić information content (AvgIpc) is 3.41. The molecule has 8 nitrogen and oxygen atoms in total. The topological polar surface area (TPSA) is 102 Å². The van der Waals surface area contributed by atoms with Gasteiger partial charge in [0.1, 0.15) is 10.6 Å². The van der Waals surface area contributed by atoms with Crippen LogP contribution in [0, 0.1) is 11.7 Å². The maximum atomic E-state index is 12.9. The van der Waals surface area contributed by atoms with Crippen LogP contribution in [0.15, 0.2) is 33.0 Å². The predicted octanol–water partition coefficient (Wildman–Crippen LogP) is 4.09. The summed E-state index contributed by atoms with van der Waals surface area (Å²) < 4.78 is 9.12. The van der Waals surface area contributed by atoms with Gasteiger partial charge in [0.2, 0.25) is 0 Å². The second-order valence-corrected chi connectivity index (χ2v) is 8.94. The van der Waals surface area contributed by atoms with Gasteiger partial charge >= 0.3 is 0 Å². The molecule has 0 unspecified atom stereocenters. The molecule has 0 spiro atoms. The number of furan rings is 1. The van der Waals surface area contributed by atoms with E-state index in [1.54, 1.807) is 0 Å². The average molecular weight is 447 g/mol. The summed E-state index contributed by atoms with van der Waals surface area (Å²) in [7, 11) is 0. The predicted molar refractivity (Wildman–Crippen MR) is 115 cm³/mol. The fourth-order valence-corrected chi connectivity index (χ4v) is 5.07. The highest BCUT2D eigenvalue weighted by atomic mass is 32.2. The minimum atomic E-state index is -0.290. The Morgan fingerprint density at radius 1 is 1.38 bits per heavy atom. The number of nitrogens with zero attached hydrogens (tertiary/aromatic N) is 4. The number of fused-ring (bicyclic) bond motifs is 1. The maximum absolute atomic E-state index is 12.9. The van der Waals surface area contributed by atoms with E-state index in [1.807, 2.05) is 42.7 Å². The molecule has 3 heterocycles. The van der Waals surface area contributed by atoms with E-state index in [0.29, 0.717) is 34.2 Å². The van der Waals surface area contributed by atoms with Gasteiger partial charge in [0.15, 0.2) is 20.7 Å². The first-order valence-electron chi connectivity index (χ1n) is 8.92. The highest BCUT2D eigenvalue weighted by Crippen LogP contribution is 2.33. The number of H-pyrrole nitrogens is 1. The van der Waals surface area contributed by atoms with Crippen LogP contribution in [0.3, 0.4) is 0 Å². The number of carbonyl (C=O) groups excluding carboxylic acids is 1. The first-order valence-corrected chi connectivity index (χ1v) is 11.1. The van der Waals surface area contributed by atoms with Crippen molar-refractivity contribution in [3.05, 3.63) is 51.2 Å². The molecule has 0 fully saturated rings. The highest BCUT2D eigenvalue weighted by Gasteiger charge is 2.21. The van der Waals surface area contributed by atoms with Gasteiger partial charge in [0.25, 0.3) is 5.91 Å². The third-order valence-corrected chi connectivity index (χ3v) is 6.62. The summed E-state index contributed by atoms with van der Waals surface area (Å²) in [4.78, 5) is 12.9. The van der Waals surface area contributed by atoms with E-state index in [-0.39, 0.29) is 12.5 Å². The molecule has 0 saturated carbocycles. The number of carbonyl (C=O) groups is 1. The lowest BCUT2D eigenvalue weighted by molar-refractivity contribution is 0.0923. The molecule has 0 aliphatic rings. The van der Waals surface area contributed by atoms with E-state index in [9.17, 15) is 4.79 Å². The maximum Gasteiger partial charge on any atom is 0.287 e. The first kappa shape index (κ1) is 19.8. The number of para-hydroxylation sites is 1. The van der Waals surface area contributed by atoms with Crippen LogP contribution in [0.25, 0.3) is 11.0 Å². The Morgan fingerprint density at radius 2 is 2.21 bits per heavy atom. The zero-order valence-electron chi connectivity index (χ0n) is 15.8. The van der Waals surface area contributed by atoms with Crippen LogP contribution < -0.4 is 5.32 Å². The third-order valence-electron chi connectivity index (χ3n) is 4.31. The largest absolute Gasteiger partial charge is 0.451 e. The highest BCUT2D eigenvalue weighted by molar-refractivity contribution is 8.00. The fraction of sp³-hybridized carbons (Fsp3) is 0.278. The molecule has 0 radical (unpaired) electrons. The standard InChI is InChI=1S/C18H18N6O2S3/c1-3-24-14(21-22-17(24)27)8-19-16(25)15-12(9-28-18-23-20-10(2)29-18)11-6-4-5-7-13(11)26-15/h4-7H,3,8-9H2,1-2H3,(H,19,25)(H,22,27). The zero-order chi connectivity index (χ0) is 20.4. The van der Waals surface area contributed by atoms with Gasteiger partial charge in [-0.25, -0.2) is 0 Å². The lowest BCUT2D eigenvalue weighted by Crippen LogP contribution is -2.25. The molecule has 3 aromatic heterocycles. The number of rotatable bonds is 7. The number of hydrogen-bond acceptors (Lipinski definition) is 8. The van der Waals surface area contributed by atoms with Crippen LogP contribution in [-0.2, 0) is 18.8 Å². The number of benzene rings is 1. The monoisotopic (exact) mass is 446 g/mol. The minimum Gasteiger partial charge on any atom is -0.451 e. The van der Waals surface area contributed by atoms with Crippen molar-refractivity contribution in [2.24, 2.45) is 0 Å². The fourth-order valence-electron chi connectivity index (χ4n) is 2.95. The van der Waals surface area contributed by atoms with Crippen LogP contribution >= 0.6 is 35.3 Å². The van der Waals surface area contributed by atoms with Crippen LogP contribution in [0.4, 0.5) is 0 Å². The molecule has 11 heteroatoms. The van der Waals surface area contributed by atoms with Crippen molar-refractivity contribution in [2.75, 3.05) is 0 Å². The molecule has 1 amide bonds. The van der Waals surface area contributed by atoms with E-state index < -0.39 is 0 Å². The van der Waals surface area contributed by atoms with Gasteiger partial charge in [-0.2, -0.15) is 5.10 Å². The summed E-state index contributed by atoms with van der Waals surface area (Å²) in [6, 6.07) is 7.63. The quantitative estimate of drug-likeness (QED) is 0.326. The van der Waals surface area contributed by atoms with Gasteiger partial charge in [-0.05, 0) is 32.1 Å². The normalized spacial score (nSPS) is 11.2. The van der Waals surface area contributed by atoms with Gasteiger partial charge in [-0.3, -0.25) is 9.89 Å². The molecular weight excluding hydrogens is 428 g/mol. The molecule has 0 saturated heterocycles.